The summed E-state index contributed by atoms with van der Waals surface area (Å²) in [6.45, 7) is 0.130. The molecule has 0 amide bonds. The summed E-state index contributed by atoms with van der Waals surface area (Å²) >= 11 is 1.44. The number of hydrogen-bond acceptors (Lipinski definition) is 6. The molecule has 0 aliphatic heterocycles. The molecule has 0 fully saturated rings. The molecule has 0 spiro atoms. The molecule has 1 unspecified atom stereocenters. The predicted molar refractivity (Wildman–Crippen MR) is 95.8 cm³/mol. The first-order valence-corrected chi connectivity index (χ1v) is 9.72. The van der Waals surface area contributed by atoms with Crippen LogP contribution in [0.5, 0.6) is 0 Å². The first kappa shape index (κ1) is 28.0. The minimum Gasteiger partial charge on any atom is -0.461 e. The van der Waals surface area contributed by atoms with Crippen molar-refractivity contribution in [2.24, 2.45) is 0 Å². The van der Waals surface area contributed by atoms with Crippen molar-refractivity contribution < 1.29 is 50.1 Å². The Bertz CT molecular complexity index is 509. The van der Waals surface area contributed by atoms with Gasteiger partial charge in [-0.05, 0) is 26.0 Å². The number of carbonyl (C=O) groups excluding carboxylic acids is 1. The number of thioether (sulfide) groups is 1. The second-order valence-electron chi connectivity index (χ2n) is 6.32. The molecule has 0 bridgehead atoms. The summed E-state index contributed by atoms with van der Waals surface area (Å²) in [6.07, 6.45) is -7.94. The van der Waals surface area contributed by atoms with Crippen LogP contribution in [0.25, 0.3) is 0 Å². The van der Waals surface area contributed by atoms with Gasteiger partial charge >= 0.3 is 18.2 Å². The Labute approximate surface area is 170 Å². The molecule has 0 aliphatic rings. The maximum absolute atomic E-state index is 13.2. The Morgan fingerprint density at radius 2 is 1.62 bits per heavy atom. The van der Waals surface area contributed by atoms with Gasteiger partial charge in [0.2, 0.25) is 0 Å². The summed E-state index contributed by atoms with van der Waals surface area (Å²) in [5.41, 5.74) is -1.83. The zero-order valence-electron chi connectivity index (χ0n) is 16.3. The van der Waals surface area contributed by atoms with Crippen LogP contribution < -0.4 is 0 Å². The van der Waals surface area contributed by atoms with Crippen LogP contribution in [0.4, 0.5) is 26.3 Å². The molecule has 0 aliphatic carbocycles. The molecule has 0 aromatic rings. The van der Waals surface area contributed by atoms with E-state index in [2.05, 4.69) is 16.1 Å². The highest BCUT2D eigenvalue weighted by Gasteiger charge is 2.43. The van der Waals surface area contributed by atoms with Crippen LogP contribution in [0.15, 0.2) is 12.2 Å². The summed E-state index contributed by atoms with van der Waals surface area (Å²) in [6, 6.07) is 0. The molecule has 0 heterocycles. The minimum absolute atomic E-state index is 0.0677. The van der Waals surface area contributed by atoms with E-state index in [4.69, 9.17) is 9.47 Å². The van der Waals surface area contributed by atoms with Crippen LogP contribution in [-0.2, 0) is 23.7 Å². The molecule has 5 nitrogen and oxygen atoms in total. The highest BCUT2D eigenvalue weighted by atomic mass is 32.2. The number of esters is 1. The summed E-state index contributed by atoms with van der Waals surface area (Å²) in [5.74, 6) is 0.618. The van der Waals surface area contributed by atoms with E-state index in [0.717, 1.165) is 6.92 Å². The molecule has 12 heteroatoms. The van der Waals surface area contributed by atoms with Crippen LogP contribution >= 0.6 is 11.8 Å². The maximum Gasteiger partial charge on any atom is 0.384 e. The van der Waals surface area contributed by atoms with E-state index >= 15 is 0 Å². The fourth-order valence-corrected chi connectivity index (χ4v) is 2.48. The van der Waals surface area contributed by atoms with Crippen molar-refractivity contribution in [3.63, 3.8) is 0 Å². The van der Waals surface area contributed by atoms with Crippen LogP contribution in [0.1, 0.15) is 20.3 Å². The molecule has 0 N–H and O–H groups in total. The SMILES string of the molecule is C=C(C)C(=O)OCCSCCCOCC(C)(COC(F)(F)CF)OC(F)(F)CF. The van der Waals surface area contributed by atoms with Gasteiger partial charge in [-0.2, -0.15) is 29.3 Å². The largest absolute Gasteiger partial charge is 0.461 e. The molecule has 29 heavy (non-hydrogen) atoms. The van der Waals surface area contributed by atoms with Gasteiger partial charge in [0.25, 0.3) is 0 Å². The lowest BCUT2D eigenvalue weighted by Crippen LogP contribution is -2.47. The Balaban J connectivity index is 4.26. The summed E-state index contributed by atoms with van der Waals surface area (Å²) in [4.78, 5) is 11.1. The van der Waals surface area contributed by atoms with Crippen molar-refractivity contribution in [1.82, 2.24) is 0 Å². The van der Waals surface area contributed by atoms with E-state index in [1.54, 1.807) is 0 Å². The first-order chi connectivity index (χ1) is 13.4. The predicted octanol–water partition coefficient (Wildman–Crippen LogP) is 4.16. The van der Waals surface area contributed by atoms with Gasteiger partial charge in [-0.3, -0.25) is 0 Å². The van der Waals surface area contributed by atoms with Gasteiger partial charge in [0, 0.05) is 17.9 Å². The summed E-state index contributed by atoms with van der Waals surface area (Å²) < 4.78 is 94.9. The van der Waals surface area contributed by atoms with Gasteiger partial charge in [-0.1, -0.05) is 6.58 Å². The van der Waals surface area contributed by atoms with Gasteiger partial charge in [-0.25, -0.2) is 13.6 Å². The summed E-state index contributed by atoms with van der Waals surface area (Å²) in [7, 11) is 0. The van der Waals surface area contributed by atoms with Crippen molar-refractivity contribution in [2.45, 2.75) is 38.1 Å². The van der Waals surface area contributed by atoms with E-state index < -0.39 is 50.4 Å². The van der Waals surface area contributed by atoms with Gasteiger partial charge in [0.1, 0.15) is 12.2 Å². The van der Waals surface area contributed by atoms with Gasteiger partial charge in [0.05, 0.1) is 13.2 Å². The number of carbonyl (C=O) groups is 1. The lowest BCUT2D eigenvalue weighted by atomic mass is 10.1. The molecule has 0 radical (unpaired) electrons. The molecule has 1 atom stereocenters. The number of alkyl halides is 6. The molecule has 0 aromatic heterocycles. The summed E-state index contributed by atoms with van der Waals surface area (Å²) in [5, 5.41) is 0. The fraction of sp³-hybridized carbons (Fsp3) is 0.824. The molecular formula is C17H26F6O5S. The normalized spacial score (nSPS) is 14.5. The standard InChI is InChI=1S/C17H26F6O5S/c1-13(2)14(24)26-6-8-29-7-4-5-25-11-15(3,28-17(22,23)10-19)12-27-16(20,21)9-18/h1,4-12H2,2-3H3. The third-order valence-electron chi connectivity index (χ3n) is 3.09. The van der Waals surface area contributed by atoms with Crippen molar-refractivity contribution in [2.75, 3.05) is 51.3 Å². The lowest BCUT2D eigenvalue weighted by Gasteiger charge is -2.33. The number of halogens is 6. The van der Waals surface area contributed by atoms with Crippen LogP contribution in [0.2, 0.25) is 0 Å². The van der Waals surface area contributed by atoms with E-state index in [0.29, 0.717) is 23.5 Å². The molecular weight excluding hydrogens is 430 g/mol. The van der Waals surface area contributed by atoms with Crippen molar-refractivity contribution >= 4 is 17.7 Å². The van der Waals surface area contributed by atoms with Crippen LogP contribution in [0.3, 0.4) is 0 Å². The van der Waals surface area contributed by atoms with E-state index in [1.165, 1.54) is 18.7 Å². The average Bonchev–Trinajstić information content (AvgIpc) is 2.64. The van der Waals surface area contributed by atoms with E-state index in [9.17, 15) is 31.1 Å². The molecule has 0 aromatic carbocycles. The Hall–Kier alpha value is -0.980. The van der Waals surface area contributed by atoms with E-state index in [1.807, 2.05) is 0 Å². The second-order valence-corrected chi connectivity index (χ2v) is 7.54. The van der Waals surface area contributed by atoms with Gasteiger partial charge in [0.15, 0.2) is 13.3 Å². The topological polar surface area (TPSA) is 54.0 Å². The smallest absolute Gasteiger partial charge is 0.384 e. The Morgan fingerprint density at radius 3 is 2.17 bits per heavy atom. The van der Waals surface area contributed by atoms with Crippen molar-refractivity contribution in [3.8, 4) is 0 Å². The Kier molecular flexibility index (Phi) is 12.9. The van der Waals surface area contributed by atoms with E-state index in [-0.39, 0.29) is 13.2 Å². The monoisotopic (exact) mass is 456 g/mol. The van der Waals surface area contributed by atoms with Crippen molar-refractivity contribution in [1.29, 1.82) is 0 Å². The first-order valence-electron chi connectivity index (χ1n) is 8.56. The number of hydrogen-bond donors (Lipinski definition) is 0. The van der Waals surface area contributed by atoms with Gasteiger partial charge < -0.3 is 18.9 Å². The van der Waals surface area contributed by atoms with Crippen LogP contribution in [0, 0.1) is 0 Å². The molecule has 0 rings (SSSR count). The Morgan fingerprint density at radius 1 is 1.00 bits per heavy atom. The van der Waals surface area contributed by atoms with Crippen molar-refractivity contribution in [3.05, 3.63) is 12.2 Å². The quantitative estimate of drug-likeness (QED) is 0.142. The highest BCUT2D eigenvalue weighted by Crippen LogP contribution is 2.28. The number of ether oxygens (including phenoxy) is 4. The zero-order valence-corrected chi connectivity index (χ0v) is 17.1. The molecule has 172 valence electrons. The molecule has 0 saturated heterocycles. The molecule has 0 saturated carbocycles. The average molecular weight is 456 g/mol. The fourth-order valence-electron chi connectivity index (χ4n) is 1.75. The third-order valence-corrected chi connectivity index (χ3v) is 4.12. The van der Waals surface area contributed by atoms with Gasteiger partial charge in [-0.15, -0.1) is 0 Å². The third kappa shape index (κ3) is 13.8. The minimum atomic E-state index is -4.23. The zero-order chi connectivity index (χ0) is 22.6. The number of rotatable bonds is 17. The maximum atomic E-state index is 13.2. The second kappa shape index (κ2) is 13.3. The highest BCUT2D eigenvalue weighted by molar-refractivity contribution is 7.99. The van der Waals surface area contributed by atoms with Crippen LogP contribution in [-0.4, -0.2) is 75.1 Å². The lowest BCUT2D eigenvalue weighted by molar-refractivity contribution is -0.335.